The number of anilines is 1. The Morgan fingerprint density at radius 1 is 1.30 bits per heavy atom. The Hall–Kier alpha value is -1.11. The summed E-state index contributed by atoms with van der Waals surface area (Å²) in [6, 6.07) is 7.78. The number of hydrogen-bond acceptors (Lipinski definition) is 3. The van der Waals surface area contributed by atoms with Crippen LogP contribution < -0.4 is 10.2 Å². The molecule has 1 aromatic carbocycles. The summed E-state index contributed by atoms with van der Waals surface area (Å²) in [5, 5.41) is 3.27. The van der Waals surface area contributed by atoms with Gasteiger partial charge in [0.2, 0.25) is 11.8 Å². The molecule has 23 heavy (non-hydrogen) atoms. The first kappa shape index (κ1) is 18.2. The Bertz CT molecular complexity index is 598. The third-order valence-corrected chi connectivity index (χ3v) is 5.10. The predicted octanol–water partition coefficient (Wildman–Crippen LogP) is 2.04. The monoisotopic (exact) mass is 401 g/mol. The van der Waals surface area contributed by atoms with Gasteiger partial charge < -0.3 is 15.1 Å². The van der Waals surface area contributed by atoms with Crippen LogP contribution in [0, 0.1) is 5.92 Å². The summed E-state index contributed by atoms with van der Waals surface area (Å²) >= 11 is 3.48. The first-order valence-electron chi connectivity index (χ1n) is 7.66. The second kappa shape index (κ2) is 7.64. The number of piperazine rings is 1. The number of carbonyl (C=O) groups is 2. The lowest BCUT2D eigenvalue weighted by Gasteiger charge is -2.35. The minimum Gasteiger partial charge on any atom is -0.337 e. The van der Waals surface area contributed by atoms with Crippen LogP contribution in [0.25, 0.3) is 0 Å². The van der Waals surface area contributed by atoms with Crippen LogP contribution in [0.3, 0.4) is 0 Å². The Balaban J connectivity index is 0.00000192. The molecule has 0 radical (unpaired) electrons. The molecule has 1 unspecified atom stereocenters. The van der Waals surface area contributed by atoms with Gasteiger partial charge in [-0.1, -0.05) is 12.1 Å². The van der Waals surface area contributed by atoms with E-state index in [1.807, 2.05) is 36.1 Å². The molecule has 2 aliphatic rings. The number of halogens is 2. The molecule has 2 saturated heterocycles. The van der Waals surface area contributed by atoms with Crippen LogP contribution in [0.1, 0.15) is 13.3 Å². The van der Waals surface area contributed by atoms with Gasteiger partial charge in [0.1, 0.15) is 5.92 Å². The molecule has 7 heteroatoms. The van der Waals surface area contributed by atoms with Crippen LogP contribution in [0.2, 0.25) is 0 Å². The molecule has 2 heterocycles. The fraction of sp³-hybridized carbons (Fsp3) is 0.500. The zero-order chi connectivity index (χ0) is 15.7. The Kier molecular flexibility index (Phi) is 6.06. The number of benzene rings is 1. The van der Waals surface area contributed by atoms with Crippen molar-refractivity contribution in [1.82, 2.24) is 10.2 Å². The van der Waals surface area contributed by atoms with E-state index < -0.39 is 5.92 Å². The van der Waals surface area contributed by atoms with E-state index in [4.69, 9.17) is 0 Å². The van der Waals surface area contributed by atoms with Crippen molar-refractivity contribution in [2.75, 3.05) is 31.1 Å². The van der Waals surface area contributed by atoms with E-state index in [0.717, 1.165) is 23.2 Å². The van der Waals surface area contributed by atoms with E-state index in [1.165, 1.54) is 0 Å². The Morgan fingerprint density at radius 3 is 2.74 bits per heavy atom. The highest BCUT2D eigenvalue weighted by Crippen LogP contribution is 2.32. The number of carbonyl (C=O) groups excluding carboxylic acids is 2. The van der Waals surface area contributed by atoms with Gasteiger partial charge >= 0.3 is 0 Å². The largest absolute Gasteiger partial charge is 0.337 e. The molecule has 0 bridgehead atoms. The fourth-order valence-corrected chi connectivity index (χ4v) is 3.69. The van der Waals surface area contributed by atoms with Gasteiger partial charge in [-0.3, -0.25) is 9.59 Å². The van der Waals surface area contributed by atoms with Crippen molar-refractivity contribution in [3.05, 3.63) is 28.7 Å². The lowest BCUT2D eigenvalue weighted by molar-refractivity contribution is -0.142. The topological polar surface area (TPSA) is 52.7 Å². The average molecular weight is 403 g/mol. The molecule has 0 aliphatic carbocycles. The smallest absolute Gasteiger partial charge is 0.239 e. The molecular formula is C16H21BrClN3O2. The van der Waals surface area contributed by atoms with Gasteiger partial charge in [-0.05, 0) is 41.4 Å². The molecule has 0 aromatic heterocycles. The molecule has 5 nitrogen and oxygen atoms in total. The molecule has 2 aliphatic heterocycles. The molecule has 1 N–H and O–H groups in total. The number of hydrogen-bond donors (Lipinski definition) is 1. The minimum atomic E-state index is -0.535. The molecule has 2 fully saturated rings. The van der Waals surface area contributed by atoms with Gasteiger partial charge in [0, 0.05) is 36.7 Å². The first-order valence-corrected chi connectivity index (χ1v) is 8.46. The summed E-state index contributed by atoms with van der Waals surface area (Å²) in [4.78, 5) is 29.0. The second-order valence-electron chi connectivity index (χ2n) is 5.87. The summed E-state index contributed by atoms with van der Waals surface area (Å²) in [6.45, 7) is 4.89. The number of nitrogens with one attached hydrogen (secondary N) is 1. The molecular weight excluding hydrogens is 382 g/mol. The third kappa shape index (κ3) is 3.54. The van der Waals surface area contributed by atoms with Crippen LogP contribution in [-0.2, 0) is 9.59 Å². The maximum absolute atomic E-state index is 12.7. The second-order valence-corrected chi connectivity index (χ2v) is 6.72. The first-order chi connectivity index (χ1) is 10.6. The number of amides is 2. The van der Waals surface area contributed by atoms with Crippen molar-refractivity contribution >= 4 is 45.8 Å². The summed E-state index contributed by atoms with van der Waals surface area (Å²) in [5.41, 5.74) is 0.844. The van der Waals surface area contributed by atoms with Gasteiger partial charge in [0.05, 0.1) is 5.69 Å². The van der Waals surface area contributed by atoms with Gasteiger partial charge in [-0.2, -0.15) is 0 Å². The van der Waals surface area contributed by atoms with E-state index in [-0.39, 0.29) is 30.3 Å². The zero-order valence-electron chi connectivity index (χ0n) is 13.0. The van der Waals surface area contributed by atoms with Gasteiger partial charge in [0.15, 0.2) is 0 Å². The van der Waals surface area contributed by atoms with Crippen molar-refractivity contribution in [3.63, 3.8) is 0 Å². The Labute approximate surface area is 150 Å². The molecule has 2 atom stereocenters. The summed E-state index contributed by atoms with van der Waals surface area (Å²) in [6.07, 6.45) is 0.593. The summed E-state index contributed by atoms with van der Waals surface area (Å²) < 4.78 is 0.881. The maximum Gasteiger partial charge on any atom is 0.239 e. The maximum atomic E-state index is 12.7. The van der Waals surface area contributed by atoms with Crippen LogP contribution >= 0.6 is 28.3 Å². The SMILES string of the molecule is C[C@@H]1CNCCN1C(=O)C1CCN(c2ccccc2Br)C1=O.Cl. The molecule has 3 rings (SSSR count). The number of rotatable bonds is 2. The predicted molar refractivity (Wildman–Crippen MR) is 95.9 cm³/mol. The highest BCUT2D eigenvalue weighted by Gasteiger charge is 2.41. The third-order valence-electron chi connectivity index (χ3n) is 4.43. The van der Waals surface area contributed by atoms with E-state index in [2.05, 4.69) is 21.2 Å². The summed E-state index contributed by atoms with van der Waals surface area (Å²) in [7, 11) is 0. The van der Waals surface area contributed by atoms with E-state index in [9.17, 15) is 9.59 Å². The van der Waals surface area contributed by atoms with E-state index in [0.29, 0.717) is 19.5 Å². The average Bonchev–Trinajstić information content (AvgIpc) is 2.89. The van der Waals surface area contributed by atoms with Crippen LogP contribution in [0.4, 0.5) is 5.69 Å². The van der Waals surface area contributed by atoms with E-state index in [1.54, 1.807) is 4.90 Å². The van der Waals surface area contributed by atoms with Crippen LogP contribution in [0.15, 0.2) is 28.7 Å². The Morgan fingerprint density at radius 2 is 2.04 bits per heavy atom. The van der Waals surface area contributed by atoms with Crippen molar-refractivity contribution in [3.8, 4) is 0 Å². The van der Waals surface area contributed by atoms with Gasteiger partial charge in [-0.15, -0.1) is 12.4 Å². The number of para-hydroxylation sites is 1. The van der Waals surface area contributed by atoms with Crippen molar-refractivity contribution < 1.29 is 9.59 Å². The van der Waals surface area contributed by atoms with Gasteiger partial charge in [0.25, 0.3) is 0 Å². The lowest BCUT2D eigenvalue weighted by atomic mass is 10.0. The van der Waals surface area contributed by atoms with Crippen molar-refractivity contribution in [2.45, 2.75) is 19.4 Å². The van der Waals surface area contributed by atoms with Crippen molar-refractivity contribution in [1.29, 1.82) is 0 Å². The molecule has 126 valence electrons. The summed E-state index contributed by atoms with van der Waals surface area (Å²) in [5.74, 6) is -0.635. The van der Waals surface area contributed by atoms with Crippen LogP contribution in [0.5, 0.6) is 0 Å². The standard InChI is InChI=1S/C16H20BrN3O2.ClH/c1-11-10-18-7-9-19(11)15(21)12-6-8-20(16(12)22)14-5-3-2-4-13(14)17;/h2-5,11-12,18H,6-10H2,1H3;1H/t11-,12?;/m1./s1. The van der Waals surface area contributed by atoms with E-state index >= 15 is 0 Å². The molecule has 1 aromatic rings. The molecule has 0 spiro atoms. The quantitative estimate of drug-likeness (QED) is 0.770. The molecule has 2 amide bonds. The number of nitrogens with zero attached hydrogens (tertiary/aromatic N) is 2. The zero-order valence-corrected chi connectivity index (χ0v) is 15.4. The fourth-order valence-electron chi connectivity index (χ4n) is 3.19. The lowest BCUT2D eigenvalue weighted by Crippen LogP contribution is -2.54. The normalized spacial score (nSPS) is 24.5. The highest BCUT2D eigenvalue weighted by atomic mass is 79.9. The van der Waals surface area contributed by atoms with Crippen molar-refractivity contribution in [2.24, 2.45) is 5.92 Å². The van der Waals surface area contributed by atoms with Crippen LogP contribution in [-0.4, -0.2) is 48.9 Å². The molecule has 0 saturated carbocycles. The highest BCUT2D eigenvalue weighted by molar-refractivity contribution is 9.10. The minimum absolute atomic E-state index is 0. The van der Waals surface area contributed by atoms with Gasteiger partial charge in [-0.25, -0.2) is 0 Å².